The molecule has 2 aromatic rings. The minimum atomic E-state index is 0.502. The van der Waals surface area contributed by atoms with Crippen molar-refractivity contribution >= 4 is 0 Å². The summed E-state index contributed by atoms with van der Waals surface area (Å²) in [5.74, 6) is 0.502. The first kappa shape index (κ1) is 15.8. The second kappa shape index (κ2) is 6.93. The maximum Gasteiger partial charge on any atom is -0.0140 e. The first-order valence-electron chi connectivity index (χ1n) is 8.27. The molecule has 0 saturated carbocycles. The summed E-state index contributed by atoms with van der Waals surface area (Å²) >= 11 is 0. The van der Waals surface area contributed by atoms with E-state index >= 15 is 0 Å². The summed E-state index contributed by atoms with van der Waals surface area (Å²) in [7, 11) is 0. The van der Waals surface area contributed by atoms with Gasteiger partial charge in [0, 0.05) is 0 Å². The van der Waals surface area contributed by atoms with Crippen molar-refractivity contribution in [2.24, 2.45) is 0 Å². The highest BCUT2D eigenvalue weighted by Gasteiger charge is 2.12. The summed E-state index contributed by atoms with van der Waals surface area (Å²) in [6, 6.07) is 14.6. The molecule has 0 aromatic heterocycles. The van der Waals surface area contributed by atoms with Gasteiger partial charge in [-0.3, -0.25) is 0 Å². The Morgan fingerprint density at radius 2 is 1.57 bits per heavy atom. The Hall–Kier alpha value is -1.56. The maximum absolute atomic E-state index is 3.44. The first-order valence-corrected chi connectivity index (χ1v) is 8.27. The van der Waals surface area contributed by atoms with Crippen LogP contribution in [-0.4, -0.2) is 0 Å². The van der Waals surface area contributed by atoms with Crippen LogP contribution in [0.2, 0.25) is 0 Å². The summed E-state index contributed by atoms with van der Waals surface area (Å²) in [4.78, 5) is 0. The van der Waals surface area contributed by atoms with Crippen molar-refractivity contribution in [1.29, 1.82) is 0 Å². The molecule has 2 rings (SSSR count). The quantitative estimate of drug-likeness (QED) is 0.633. The average molecular weight is 279 g/mol. The predicted octanol–water partition coefficient (Wildman–Crippen LogP) is 5.96. The minimum Gasteiger partial charge on any atom is -0.0613 e. The molecule has 0 saturated heterocycles. The molecular formula is C21H27. The smallest absolute Gasteiger partial charge is 0.0140 e. The second-order valence-corrected chi connectivity index (χ2v) is 5.99. The SMILES string of the molecule is CCc1cc(-c2ccc[c]c2C(C)C)cc(CC)c1CC. The normalized spacial score (nSPS) is 11.1. The molecule has 2 aromatic carbocycles. The van der Waals surface area contributed by atoms with Gasteiger partial charge < -0.3 is 0 Å². The Morgan fingerprint density at radius 3 is 2.05 bits per heavy atom. The topological polar surface area (TPSA) is 0 Å². The van der Waals surface area contributed by atoms with E-state index in [1.165, 1.54) is 27.8 Å². The molecule has 0 heteroatoms. The van der Waals surface area contributed by atoms with Crippen molar-refractivity contribution in [3.8, 4) is 11.1 Å². The van der Waals surface area contributed by atoms with E-state index in [-0.39, 0.29) is 0 Å². The van der Waals surface area contributed by atoms with Gasteiger partial charge >= 0.3 is 0 Å². The Kier molecular flexibility index (Phi) is 5.22. The lowest BCUT2D eigenvalue weighted by Gasteiger charge is -2.18. The van der Waals surface area contributed by atoms with Gasteiger partial charge in [0.2, 0.25) is 0 Å². The van der Waals surface area contributed by atoms with Crippen LogP contribution >= 0.6 is 0 Å². The summed E-state index contributed by atoms with van der Waals surface area (Å²) in [6.45, 7) is 11.3. The molecule has 0 atom stereocenters. The summed E-state index contributed by atoms with van der Waals surface area (Å²) in [5.41, 5.74) is 8.59. The Morgan fingerprint density at radius 1 is 0.952 bits per heavy atom. The summed E-state index contributed by atoms with van der Waals surface area (Å²) < 4.78 is 0. The third-order valence-electron chi connectivity index (χ3n) is 4.33. The first-order chi connectivity index (χ1) is 10.1. The van der Waals surface area contributed by atoms with E-state index in [0.717, 1.165) is 19.3 Å². The predicted molar refractivity (Wildman–Crippen MR) is 92.9 cm³/mol. The molecule has 1 radical (unpaired) electrons. The van der Waals surface area contributed by atoms with Crippen LogP contribution in [-0.2, 0) is 19.3 Å². The third kappa shape index (κ3) is 3.20. The standard InChI is InChI=1S/C21H27/c1-6-16-13-18(14-17(7-2)19(16)8-3)21-12-10-9-11-20(21)15(4)5/h9-10,12-15H,6-8H2,1-5H3. The molecule has 0 aliphatic heterocycles. The molecule has 0 aliphatic carbocycles. The zero-order valence-electron chi connectivity index (χ0n) is 14.1. The molecule has 0 N–H and O–H groups in total. The highest BCUT2D eigenvalue weighted by molar-refractivity contribution is 5.70. The number of hydrogen-bond acceptors (Lipinski definition) is 0. The lowest BCUT2D eigenvalue weighted by molar-refractivity contribution is 0.867. The molecule has 111 valence electrons. The van der Waals surface area contributed by atoms with Crippen molar-refractivity contribution in [2.75, 3.05) is 0 Å². The van der Waals surface area contributed by atoms with Crippen molar-refractivity contribution in [1.82, 2.24) is 0 Å². The number of hydrogen-bond donors (Lipinski definition) is 0. The molecule has 0 amide bonds. The van der Waals surface area contributed by atoms with Gasteiger partial charge in [0.25, 0.3) is 0 Å². The zero-order valence-corrected chi connectivity index (χ0v) is 14.1. The fraction of sp³-hybridized carbons (Fsp3) is 0.429. The number of rotatable bonds is 5. The van der Waals surface area contributed by atoms with Gasteiger partial charge in [0.15, 0.2) is 0 Å². The Balaban J connectivity index is 2.65. The van der Waals surface area contributed by atoms with Crippen LogP contribution in [0.25, 0.3) is 11.1 Å². The van der Waals surface area contributed by atoms with Gasteiger partial charge in [-0.05, 0) is 64.6 Å². The molecule has 0 bridgehead atoms. The van der Waals surface area contributed by atoms with Gasteiger partial charge in [-0.15, -0.1) is 0 Å². The molecule has 0 nitrogen and oxygen atoms in total. The lowest BCUT2D eigenvalue weighted by atomic mass is 9.87. The van der Waals surface area contributed by atoms with E-state index in [2.05, 4.69) is 65.0 Å². The Labute approximate surface area is 130 Å². The van der Waals surface area contributed by atoms with E-state index in [1.54, 1.807) is 5.56 Å². The summed E-state index contributed by atoms with van der Waals surface area (Å²) in [6.07, 6.45) is 3.35. The van der Waals surface area contributed by atoms with Crippen LogP contribution in [0.4, 0.5) is 0 Å². The second-order valence-electron chi connectivity index (χ2n) is 5.99. The maximum atomic E-state index is 3.44. The molecule has 21 heavy (non-hydrogen) atoms. The fourth-order valence-corrected chi connectivity index (χ4v) is 3.22. The van der Waals surface area contributed by atoms with Gasteiger partial charge in [-0.2, -0.15) is 0 Å². The van der Waals surface area contributed by atoms with Gasteiger partial charge in [0.05, 0.1) is 0 Å². The molecule has 0 unspecified atom stereocenters. The van der Waals surface area contributed by atoms with E-state index < -0.39 is 0 Å². The van der Waals surface area contributed by atoms with Crippen LogP contribution in [0.15, 0.2) is 30.3 Å². The highest BCUT2D eigenvalue weighted by atomic mass is 14.2. The molecular weight excluding hydrogens is 252 g/mol. The van der Waals surface area contributed by atoms with Crippen molar-refractivity contribution in [3.63, 3.8) is 0 Å². The molecule has 0 heterocycles. The van der Waals surface area contributed by atoms with Crippen LogP contribution in [0.1, 0.15) is 62.8 Å². The highest BCUT2D eigenvalue weighted by Crippen LogP contribution is 2.32. The molecule has 0 fully saturated rings. The van der Waals surface area contributed by atoms with E-state index in [9.17, 15) is 0 Å². The van der Waals surface area contributed by atoms with E-state index in [1.807, 2.05) is 6.07 Å². The van der Waals surface area contributed by atoms with Crippen LogP contribution in [0.3, 0.4) is 0 Å². The largest absolute Gasteiger partial charge is 0.0613 e. The third-order valence-corrected chi connectivity index (χ3v) is 4.33. The molecule has 0 aliphatic rings. The fourth-order valence-electron chi connectivity index (χ4n) is 3.22. The van der Waals surface area contributed by atoms with E-state index in [4.69, 9.17) is 0 Å². The minimum absolute atomic E-state index is 0.502. The zero-order chi connectivity index (χ0) is 15.4. The van der Waals surface area contributed by atoms with Crippen LogP contribution in [0.5, 0.6) is 0 Å². The number of benzene rings is 2. The van der Waals surface area contributed by atoms with Crippen LogP contribution < -0.4 is 0 Å². The van der Waals surface area contributed by atoms with Crippen LogP contribution in [0, 0.1) is 6.07 Å². The van der Waals surface area contributed by atoms with Gasteiger partial charge in [-0.25, -0.2) is 0 Å². The average Bonchev–Trinajstić information content (AvgIpc) is 2.53. The van der Waals surface area contributed by atoms with Crippen molar-refractivity contribution in [3.05, 3.63) is 58.7 Å². The number of aryl methyl sites for hydroxylation is 2. The Bertz CT molecular complexity index is 580. The van der Waals surface area contributed by atoms with Crippen molar-refractivity contribution in [2.45, 2.75) is 59.8 Å². The lowest BCUT2D eigenvalue weighted by Crippen LogP contribution is -2.00. The van der Waals surface area contributed by atoms with Gasteiger partial charge in [0.1, 0.15) is 0 Å². The molecule has 0 spiro atoms. The van der Waals surface area contributed by atoms with Gasteiger partial charge in [-0.1, -0.05) is 65.0 Å². The monoisotopic (exact) mass is 279 g/mol. The van der Waals surface area contributed by atoms with E-state index in [0.29, 0.717) is 5.92 Å². The van der Waals surface area contributed by atoms with Crippen molar-refractivity contribution < 1.29 is 0 Å². The summed E-state index contributed by atoms with van der Waals surface area (Å²) in [5, 5.41) is 0.